The van der Waals surface area contributed by atoms with Crippen molar-refractivity contribution in [3.05, 3.63) is 15.9 Å². The van der Waals surface area contributed by atoms with Crippen molar-refractivity contribution in [2.75, 3.05) is 12.8 Å². The molecule has 6 heteroatoms. The molecule has 0 aliphatic carbocycles. The lowest BCUT2D eigenvalue weighted by Crippen LogP contribution is -2.22. The molecule has 2 atom stereocenters. The molecule has 1 N–H and O–H groups in total. The zero-order valence-electron chi connectivity index (χ0n) is 10.8. The molecule has 4 nitrogen and oxygen atoms in total. The third-order valence-corrected chi connectivity index (χ3v) is 5.25. The molecule has 98 valence electrons. The number of aromatic nitrogens is 2. The molecule has 0 bridgehead atoms. The highest BCUT2D eigenvalue weighted by molar-refractivity contribution is 9.10. The summed E-state index contributed by atoms with van der Waals surface area (Å²) in [4.78, 5) is 0. The predicted molar refractivity (Wildman–Crippen MR) is 75.5 cm³/mol. The van der Waals surface area contributed by atoms with Crippen molar-refractivity contribution in [1.82, 2.24) is 15.1 Å². The summed E-state index contributed by atoms with van der Waals surface area (Å²) in [6, 6.07) is 0. The van der Waals surface area contributed by atoms with Crippen molar-refractivity contribution >= 4 is 26.7 Å². The van der Waals surface area contributed by atoms with E-state index in [-0.39, 0.29) is 5.25 Å². The molecular weight excluding hydrogens is 302 g/mol. The highest BCUT2D eigenvalue weighted by Crippen LogP contribution is 2.19. The van der Waals surface area contributed by atoms with Crippen molar-refractivity contribution in [1.29, 1.82) is 0 Å². The number of rotatable bonds is 6. The third-order valence-electron chi connectivity index (χ3n) is 2.85. The number of hydrogen-bond donors (Lipinski definition) is 1. The van der Waals surface area contributed by atoms with E-state index in [1.807, 2.05) is 25.6 Å². The van der Waals surface area contributed by atoms with E-state index in [0.29, 0.717) is 0 Å². The minimum atomic E-state index is -0.730. The van der Waals surface area contributed by atoms with Crippen LogP contribution >= 0.6 is 15.9 Å². The number of hydrogen-bond acceptors (Lipinski definition) is 3. The van der Waals surface area contributed by atoms with Gasteiger partial charge in [-0.1, -0.05) is 6.92 Å². The maximum absolute atomic E-state index is 11.2. The van der Waals surface area contributed by atoms with Gasteiger partial charge >= 0.3 is 0 Å². The molecule has 0 saturated carbocycles. The van der Waals surface area contributed by atoms with Gasteiger partial charge in [0.1, 0.15) is 0 Å². The van der Waals surface area contributed by atoms with Crippen LogP contribution in [0.1, 0.15) is 24.7 Å². The minimum Gasteiger partial charge on any atom is -0.311 e. The lowest BCUT2D eigenvalue weighted by atomic mass is 10.3. The fourth-order valence-electron chi connectivity index (χ4n) is 1.55. The van der Waals surface area contributed by atoms with E-state index in [4.69, 9.17) is 0 Å². The fraction of sp³-hybridized carbons (Fsp3) is 0.727. The topological polar surface area (TPSA) is 46.9 Å². The first-order valence-corrected chi connectivity index (χ1v) is 8.05. The average molecular weight is 322 g/mol. The van der Waals surface area contributed by atoms with Gasteiger partial charge in [-0.25, -0.2) is 0 Å². The Bertz CT molecular complexity index is 406. The smallest absolute Gasteiger partial charge is 0.0739 e. The molecule has 0 radical (unpaired) electrons. The Hall–Kier alpha value is -0.200. The van der Waals surface area contributed by atoms with Gasteiger partial charge in [0.2, 0.25) is 0 Å². The summed E-state index contributed by atoms with van der Waals surface area (Å²) in [7, 11) is 1.21. The molecule has 2 unspecified atom stereocenters. The largest absolute Gasteiger partial charge is 0.311 e. The molecule has 0 saturated heterocycles. The Labute approximate surface area is 114 Å². The van der Waals surface area contributed by atoms with E-state index in [0.717, 1.165) is 35.4 Å². The van der Waals surface area contributed by atoms with Gasteiger partial charge < -0.3 is 5.32 Å². The maximum Gasteiger partial charge on any atom is 0.0739 e. The van der Waals surface area contributed by atoms with Crippen LogP contribution in [-0.2, 0) is 24.4 Å². The molecular formula is C11H20BrN3OS. The van der Waals surface area contributed by atoms with Crippen LogP contribution in [0.15, 0.2) is 4.47 Å². The van der Waals surface area contributed by atoms with E-state index >= 15 is 0 Å². The number of nitrogens with one attached hydrogen (secondary N) is 1. The van der Waals surface area contributed by atoms with Crippen LogP contribution < -0.4 is 5.32 Å². The number of aryl methyl sites for hydroxylation is 2. The Morgan fingerprint density at radius 3 is 2.71 bits per heavy atom. The van der Waals surface area contributed by atoms with Crippen molar-refractivity contribution in [2.24, 2.45) is 7.05 Å². The van der Waals surface area contributed by atoms with Gasteiger partial charge in [0.15, 0.2) is 0 Å². The van der Waals surface area contributed by atoms with Crippen molar-refractivity contribution in [2.45, 2.75) is 32.1 Å². The van der Waals surface area contributed by atoms with Gasteiger partial charge in [0.25, 0.3) is 0 Å². The van der Waals surface area contributed by atoms with Gasteiger partial charge in [-0.15, -0.1) is 0 Å². The van der Waals surface area contributed by atoms with Gasteiger partial charge in [0.05, 0.1) is 15.9 Å². The van der Waals surface area contributed by atoms with Crippen molar-refractivity contribution in [3.63, 3.8) is 0 Å². The van der Waals surface area contributed by atoms with Crippen LogP contribution in [0, 0.1) is 6.92 Å². The van der Waals surface area contributed by atoms with Gasteiger partial charge in [-0.3, -0.25) is 8.89 Å². The molecule has 1 heterocycles. The maximum atomic E-state index is 11.2. The zero-order chi connectivity index (χ0) is 13.0. The SMILES string of the molecule is Cc1nn(C)c(CNCCC(C)S(C)=O)c1Br. The molecule has 1 aromatic rings. The van der Waals surface area contributed by atoms with E-state index in [2.05, 4.69) is 26.3 Å². The molecule has 0 spiro atoms. The van der Waals surface area contributed by atoms with E-state index in [1.165, 1.54) is 0 Å². The molecule has 0 amide bonds. The van der Waals surface area contributed by atoms with Crippen LogP contribution in [0.4, 0.5) is 0 Å². The molecule has 0 aromatic carbocycles. The number of nitrogens with zero attached hydrogens (tertiary/aromatic N) is 2. The first-order valence-electron chi connectivity index (χ1n) is 5.64. The molecule has 0 aliphatic rings. The van der Waals surface area contributed by atoms with Crippen LogP contribution in [0.2, 0.25) is 0 Å². The molecule has 17 heavy (non-hydrogen) atoms. The Morgan fingerprint density at radius 1 is 1.59 bits per heavy atom. The summed E-state index contributed by atoms with van der Waals surface area (Å²) >= 11 is 3.53. The summed E-state index contributed by atoms with van der Waals surface area (Å²) in [6.45, 7) is 5.65. The quantitative estimate of drug-likeness (QED) is 0.812. The van der Waals surface area contributed by atoms with E-state index in [9.17, 15) is 4.21 Å². The van der Waals surface area contributed by atoms with Crippen LogP contribution in [0.25, 0.3) is 0 Å². The molecule has 0 aliphatic heterocycles. The zero-order valence-corrected chi connectivity index (χ0v) is 13.2. The summed E-state index contributed by atoms with van der Waals surface area (Å²) in [5, 5.41) is 7.94. The lowest BCUT2D eigenvalue weighted by molar-refractivity contribution is 0.597. The summed E-state index contributed by atoms with van der Waals surface area (Å²) < 4.78 is 14.1. The third kappa shape index (κ3) is 4.19. The van der Waals surface area contributed by atoms with E-state index in [1.54, 1.807) is 6.26 Å². The minimum absolute atomic E-state index is 0.249. The first kappa shape index (κ1) is 14.9. The average Bonchev–Trinajstić information content (AvgIpc) is 2.49. The second kappa shape index (κ2) is 6.66. The van der Waals surface area contributed by atoms with Gasteiger partial charge in [0, 0.05) is 35.9 Å². The summed E-state index contributed by atoms with van der Waals surface area (Å²) in [6.07, 6.45) is 2.68. The molecule has 1 aromatic heterocycles. The van der Waals surface area contributed by atoms with Crippen molar-refractivity contribution in [3.8, 4) is 0 Å². The Morgan fingerprint density at radius 2 is 2.24 bits per heavy atom. The van der Waals surface area contributed by atoms with Crippen LogP contribution in [0.5, 0.6) is 0 Å². The summed E-state index contributed by atoms with van der Waals surface area (Å²) in [5.74, 6) is 0. The fourth-order valence-corrected chi connectivity index (χ4v) is 2.48. The van der Waals surface area contributed by atoms with Gasteiger partial charge in [-0.05, 0) is 35.8 Å². The lowest BCUT2D eigenvalue weighted by Gasteiger charge is -2.09. The normalized spacial score (nSPS) is 14.9. The van der Waals surface area contributed by atoms with Crippen molar-refractivity contribution < 1.29 is 4.21 Å². The predicted octanol–water partition coefficient (Wildman–Crippen LogP) is 1.74. The summed E-state index contributed by atoms with van der Waals surface area (Å²) in [5.41, 5.74) is 2.15. The Kier molecular flexibility index (Phi) is 5.82. The number of halogens is 1. The molecule has 1 rings (SSSR count). The Balaban J connectivity index is 2.39. The molecule has 0 fully saturated rings. The highest BCUT2D eigenvalue weighted by atomic mass is 79.9. The van der Waals surface area contributed by atoms with Gasteiger partial charge in [-0.2, -0.15) is 5.10 Å². The standard InChI is InChI=1S/C11H20BrN3OS/c1-8(17(4)16)5-6-13-7-10-11(12)9(2)14-15(10)3/h8,13H,5-7H2,1-4H3. The highest BCUT2D eigenvalue weighted by Gasteiger charge is 2.10. The van der Waals surface area contributed by atoms with Crippen LogP contribution in [-0.4, -0.2) is 32.0 Å². The van der Waals surface area contributed by atoms with Crippen LogP contribution in [0.3, 0.4) is 0 Å². The first-order chi connectivity index (χ1) is 7.93. The van der Waals surface area contributed by atoms with E-state index < -0.39 is 10.8 Å². The second-order valence-electron chi connectivity index (χ2n) is 4.24. The monoisotopic (exact) mass is 321 g/mol. The second-order valence-corrected chi connectivity index (χ2v) is 6.84.